The molecule has 2 saturated heterocycles. The van der Waals surface area contributed by atoms with Crippen LogP contribution in [0.2, 0.25) is 0 Å². The first-order valence-corrected chi connectivity index (χ1v) is 16.5. The first-order valence-electron chi connectivity index (χ1n) is 15.3. The fraction of sp³-hybridized carbons (Fsp3) is 0.258. The van der Waals surface area contributed by atoms with Crippen molar-refractivity contribution in [3.8, 4) is 23.2 Å². The molecule has 0 unspecified atom stereocenters. The Morgan fingerprint density at radius 2 is 1.38 bits per heavy atom. The third kappa shape index (κ3) is 5.36. The van der Waals surface area contributed by atoms with Gasteiger partial charge in [0.05, 0.1) is 35.0 Å². The molecule has 0 aromatic carbocycles. The number of thioether (sulfide) groups is 1. The number of hydrogen-bond acceptors (Lipinski definition) is 12. The van der Waals surface area contributed by atoms with Crippen molar-refractivity contribution >= 4 is 52.2 Å². The van der Waals surface area contributed by atoms with Crippen LogP contribution in [0.3, 0.4) is 0 Å². The van der Waals surface area contributed by atoms with Crippen molar-refractivity contribution in [1.82, 2.24) is 39.0 Å². The average Bonchev–Trinajstić information content (AvgIpc) is 3.95. The van der Waals surface area contributed by atoms with Gasteiger partial charge in [0.2, 0.25) is 17.6 Å². The summed E-state index contributed by atoms with van der Waals surface area (Å²) < 4.78 is 14.1. The van der Waals surface area contributed by atoms with Crippen LogP contribution in [0.5, 0.6) is 0 Å². The monoisotopic (exact) mass is 667 g/mol. The minimum atomic E-state index is -0.694. The number of carbonyl (C=O) groups excluding carboxylic acids is 3. The Kier molecular flexibility index (Phi) is 7.43. The predicted molar refractivity (Wildman–Crippen MR) is 175 cm³/mol. The second-order valence-electron chi connectivity index (χ2n) is 11.4. The topological polar surface area (TPSA) is 194 Å². The van der Waals surface area contributed by atoms with Crippen molar-refractivity contribution in [3.05, 3.63) is 72.4 Å². The minimum absolute atomic E-state index is 0.125. The molecule has 1 atom stereocenters. The summed E-state index contributed by atoms with van der Waals surface area (Å²) in [4.78, 5) is 52.1. The lowest BCUT2D eigenvalue weighted by Crippen LogP contribution is -2.43. The third-order valence-electron chi connectivity index (χ3n) is 8.32. The van der Waals surface area contributed by atoms with E-state index in [1.807, 2.05) is 16.7 Å². The number of amides is 3. The van der Waals surface area contributed by atoms with E-state index in [2.05, 4.69) is 31.0 Å². The molecule has 17 heteroatoms. The number of hydrazine groups is 1. The first-order chi connectivity index (χ1) is 23.4. The van der Waals surface area contributed by atoms with E-state index in [-0.39, 0.29) is 17.4 Å². The van der Waals surface area contributed by atoms with Crippen LogP contribution in [0, 0.1) is 0 Å². The van der Waals surface area contributed by atoms with Gasteiger partial charge in [-0.15, -0.1) is 10.2 Å². The number of rotatable bonds is 8. The molecule has 244 valence electrons. The lowest BCUT2D eigenvalue weighted by Gasteiger charge is -2.26. The SMILES string of the molecule is NC(=O)[C@H]1CCCN1C(=O)c1cc(NNc2cc(C(=O)N3CCSCC3)cn3nc(-c4ccco4)nc23)c2nc(-c3ccco3)nn2c1. The van der Waals surface area contributed by atoms with Crippen molar-refractivity contribution in [2.24, 2.45) is 5.73 Å². The number of nitrogens with zero attached hydrogens (tertiary/aromatic N) is 8. The number of hydrogen-bond donors (Lipinski definition) is 3. The summed E-state index contributed by atoms with van der Waals surface area (Å²) in [7, 11) is 0. The van der Waals surface area contributed by atoms with Gasteiger partial charge in [-0.1, -0.05) is 0 Å². The zero-order chi connectivity index (χ0) is 32.8. The Morgan fingerprint density at radius 1 is 0.812 bits per heavy atom. The van der Waals surface area contributed by atoms with Crippen LogP contribution in [0.25, 0.3) is 34.5 Å². The van der Waals surface area contributed by atoms with Gasteiger partial charge in [-0.05, 0) is 49.2 Å². The summed E-state index contributed by atoms with van der Waals surface area (Å²) in [6.07, 6.45) is 7.43. The molecule has 3 amide bonds. The van der Waals surface area contributed by atoms with Crippen molar-refractivity contribution in [2.75, 3.05) is 42.0 Å². The number of aromatic nitrogens is 6. The Labute approximate surface area is 276 Å². The Morgan fingerprint density at radius 3 is 1.90 bits per heavy atom. The smallest absolute Gasteiger partial charge is 0.256 e. The van der Waals surface area contributed by atoms with E-state index in [1.165, 1.54) is 26.5 Å². The number of anilines is 2. The largest absolute Gasteiger partial charge is 0.461 e. The molecule has 2 aliphatic heterocycles. The second kappa shape index (κ2) is 12.1. The molecule has 0 saturated carbocycles. The van der Waals surface area contributed by atoms with Gasteiger partial charge in [0.25, 0.3) is 11.8 Å². The number of primary amides is 1. The number of nitrogens with one attached hydrogen (secondary N) is 2. The summed E-state index contributed by atoms with van der Waals surface area (Å²) in [5.41, 5.74) is 14.2. The van der Waals surface area contributed by atoms with Crippen LogP contribution in [0.4, 0.5) is 11.4 Å². The van der Waals surface area contributed by atoms with Crippen LogP contribution in [-0.2, 0) is 4.79 Å². The van der Waals surface area contributed by atoms with E-state index in [1.54, 1.807) is 48.8 Å². The molecule has 2 aliphatic rings. The number of pyridine rings is 2. The maximum absolute atomic E-state index is 13.7. The fourth-order valence-electron chi connectivity index (χ4n) is 5.97. The Bertz CT molecular complexity index is 2150. The number of furan rings is 2. The predicted octanol–water partition coefficient (Wildman–Crippen LogP) is 3.01. The van der Waals surface area contributed by atoms with Gasteiger partial charge in [-0.3, -0.25) is 25.2 Å². The summed E-state index contributed by atoms with van der Waals surface area (Å²) in [6.45, 7) is 1.70. The zero-order valence-corrected chi connectivity index (χ0v) is 26.2. The zero-order valence-electron chi connectivity index (χ0n) is 25.4. The van der Waals surface area contributed by atoms with E-state index in [0.717, 1.165) is 11.5 Å². The van der Waals surface area contributed by atoms with Gasteiger partial charge in [0.1, 0.15) is 6.04 Å². The summed E-state index contributed by atoms with van der Waals surface area (Å²) in [5, 5.41) is 9.15. The molecule has 8 rings (SSSR count). The normalized spacial score (nSPS) is 16.5. The molecule has 6 aromatic rings. The van der Waals surface area contributed by atoms with E-state index >= 15 is 0 Å². The fourth-order valence-corrected chi connectivity index (χ4v) is 6.87. The molecule has 2 fully saturated rings. The van der Waals surface area contributed by atoms with Gasteiger partial charge in [-0.2, -0.15) is 11.8 Å². The molecule has 16 nitrogen and oxygen atoms in total. The lowest BCUT2D eigenvalue weighted by molar-refractivity contribution is -0.121. The van der Waals surface area contributed by atoms with E-state index < -0.39 is 11.9 Å². The highest BCUT2D eigenvalue weighted by Crippen LogP contribution is 2.28. The van der Waals surface area contributed by atoms with E-state index in [0.29, 0.717) is 83.9 Å². The molecule has 0 radical (unpaired) electrons. The highest BCUT2D eigenvalue weighted by molar-refractivity contribution is 7.99. The highest BCUT2D eigenvalue weighted by atomic mass is 32.2. The number of carbonyl (C=O) groups is 3. The standard InChI is InChI=1S/C31H29N11O5S/c32-25(43)22-4-1-7-40(22)31(45)19-15-21(29-34-27(38-42(29)17-19)24-6-3-11-47-24)36-35-20-14-18(30(44)39-8-12-48-13-9-39)16-41-28(20)33-26(37-41)23-5-2-10-46-23/h2-3,5-6,10-11,14-17,22,35-36H,1,4,7-9,12-13H2,(H2,32,43)/t22-/m1/s1. The molecule has 8 heterocycles. The quantitative estimate of drug-likeness (QED) is 0.201. The molecule has 4 N–H and O–H groups in total. The van der Waals surface area contributed by atoms with E-state index in [9.17, 15) is 14.4 Å². The van der Waals surface area contributed by atoms with Gasteiger partial charge in [0.15, 0.2) is 22.8 Å². The Balaban J connectivity index is 1.19. The minimum Gasteiger partial charge on any atom is -0.461 e. The van der Waals surface area contributed by atoms with Gasteiger partial charge in [0, 0.05) is 43.5 Å². The molecule has 6 aromatic heterocycles. The molecule has 48 heavy (non-hydrogen) atoms. The summed E-state index contributed by atoms with van der Waals surface area (Å²) >= 11 is 1.82. The summed E-state index contributed by atoms with van der Waals surface area (Å²) in [5.74, 6) is 2.25. The van der Waals surface area contributed by atoms with Crippen LogP contribution >= 0.6 is 11.8 Å². The van der Waals surface area contributed by atoms with E-state index in [4.69, 9.17) is 14.6 Å². The van der Waals surface area contributed by atoms with Crippen LogP contribution in [0.15, 0.2) is 70.2 Å². The third-order valence-corrected chi connectivity index (χ3v) is 9.26. The van der Waals surface area contributed by atoms with Crippen molar-refractivity contribution in [2.45, 2.75) is 18.9 Å². The van der Waals surface area contributed by atoms with Gasteiger partial charge < -0.3 is 24.4 Å². The van der Waals surface area contributed by atoms with Gasteiger partial charge >= 0.3 is 0 Å². The first kappa shape index (κ1) is 29.6. The second-order valence-corrected chi connectivity index (χ2v) is 12.6. The maximum Gasteiger partial charge on any atom is 0.256 e. The molecule has 0 spiro atoms. The van der Waals surface area contributed by atoms with Crippen molar-refractivity contribution in [3.63, 3.8) is 0 Å². The number of likely N-dealkylation sites (tertiary alicyclic amines) is 1. The molecular formula is C31H29N11O5S. The van der Waals surface area contributed by atoms with Crippen LogP contribution in [0.1, 0.15) is 33.6 Å². The number of nitrogens with two attached hydrogens (primary N) is 1. The summed E-state index contributed by atoms with van der Waals surface area (Å²) in [6, 6.07) is 9.59. The highest BCUT2D eigenvalue weighted by Gasteiger charge is 2.34. The Hall–Kier alpha value is -5.84. The van der Waals surface area contributed by atoms with Crippen molar-refractivity contribution < 1.29 is 23.2 Å². The molecular weight excluding hydrogens is 638 g/mol. The van der Waals surface area contributed by atoms with Crippen LogP contribution in [-0.4, -0.2) is 93.9 Å². The van der Waals surface area contributed by atoms with Gasteiger partial charge in [-0.25, -0.2) is 19.0 Å². The maximum atomic E-state index is 13.7. The lowest BCUT2D eigenvalue weighted by atomic mass is 10.2. The molecule has 0 bridgehead atoms. The number of fused-ring (bicyclic) bond motifs is 2. The van der Waals surface area contributed by atoms with Crippen molar-refractivity contribution in [1.29, 1.82) is 0 Å². The average molecular weight is 668 g/mol. The van der Waals surface area contributed by atoms with Crippen LogP contribution < -0.4 is 16.6 Å². The molecule has 0 aliphatic carbocycles.